The number of carbonyl (C=O) groups excluding carboxylic acids is 1. The van der Waals surface area contributed by atoms with Crippen LogP contribution in [-0.2, 0) is 0 Å². The zero-order valence-corrected chi connectivity index (χ0v) is 14.3. The van der Waals surface area contributed by atoms with Gasteiger partial charge in [0.2, 0.25) is 0 Å². The van der Waals surface area contributed by atoms with Crippen LogP contribution in [0.15, 0.2) is 14.3 Å². The first-order chi connectivity index (χ1) is 7.98. The molecule has 1 rings (SSSR count). The number of carbonyl (C=O) groups is 1. The minimum atomic E-state index is -0.0694. The first-order valence-corrected chi connectivity index (χ1v) is 8.15. The topological polar surface area (TPSA) is 29.1 Å². The molecule has 96 valence electrons. The lowest BCUT2D eigenvalue weighted by atomic mass is 9.90. The van der Waals surface area contributed by atoms with E-state index < -0.39 is 0 Å². The minimum Gasteiger partial charge on any atom is -0.346 e. The number of nitrogens with one attached hydrogen (secondary N) is 1. The van der Waals surface area contributed by atoms with Crippen LogP contribution in [0.25, 0.3) is 0 Å². The molecule has 0 unspecified atom stereocenters. The third-order valence-corrected chi connectivity index (χ3v) is 6.53. The molecule has 0 spiro atoms. The van der Waals surface area contributed by atoms with Crippen molar-refractivity contribution in [3.05, 3.63) is 19.2 Å². The van der Waals surface area contributed by atoms with Crippen molar-refractivity contribution in [1.29, 1.82) is 0 Å². The van der Waals surface area contributed by atoms with Gasteiger partial charge in [-0.05, 0) is 57.2 Å². The Bertz CT molecular complexity index is 371. The molecule has 1 aromatic heterocycles. The monoisotopic (exact) mass is 381 g/mol. The van der Waals surface area contributed by atoms with Crippen molar-refractivity contribution in [2.45, 2.75) is 45.6 Å². The Morgan fingerprint density at radius 1 is 1.29 bits per heavy atom. The van der Waals surface area contributed by atoms with Crippen molar-refractivity contribution in [1.82, 2.24) is 5.32 Å². The minimum absolute atomic E-state index is 0.0203. The van der Waals surface area contributed by atoms with Crippen molar-refractivity contribution < 1.29 is 4.79 Å². The van der Waals surface area contributed by atoms with Crippen LogP contribution in [0.4, 0.5) is 0 Å². The highest BCUT2D eigenvalue weighted by Gasteiger charge is 2.27. The van der Waals surface area contributed by atoms with Crippen molar-refractivity contribution in [3.63, 3.8) is 0 Å². The third-order valence-electron chi connectivity index (χ3n) is 3.28. The molecule has 5 heteroatoms. The summed E-state index contributed by atoms with van der Waals surface area (Å²) >= 11 is 8.26. The predicted octanol–water partition coefficient (Wildman–Crippen LogP) is 4.97. The van der Waals surface area contributed by atoms with Crippen LogP contribution in [0.1, 0.15) is 49.7 Å². The molecule has 0 radical (unpaired) electrons. The summed E-state index contributed by atoms with van der Waals surface area (Å²) in [4.78, 5) is 12.9. The normalized spacial score (nSPS) is 11.6. The average Bonchev–Trinajstić information content (AvgIpc) is 2.67. The first kappa shape index (κ1) is 15.2. The van der Waals surface area contributed by atoms with Crippen LogP contribution >= 0.6 is 43.2 Å². The Morgan fingerprint density at radius 2 is 1.82 bits per heavy atom. The first-order valence-electron chi connectivity index (χ1n) is 5.75. The van der Waals surface area contributed by atoms with Crippen LogP contribution in [0.5, 0.6) is 0 Å². The van der Waals surface area contributed by atoms with Gasteiger partial charge < -0.3 is 5.32 Å². The quantitative estimate of drug-likeness (QED) is 0.764. The zero-order chi connectivity index (χ0) is 13.1. The number of hydrogen-bond acceptors (Lipinski definition) is 2. The van der Waals surface area contributed by atoms with Gasteiger partial charge in [0.05, 0.1) is 8.66 Å². The maximum absolute atomic E-state index is 12.2. The molecular weight excluding hydrogens is 366 g/mol. The van der Waals surface area contributed by atoms with Gasteiger partial charge in [-0.2, -0.15) is 0 Å². The molecule has 0 aliphatic carbocycles. The van der Waals surface area contributed by atoms with Gasteiger partial charge in [-0.1, -0.05) is 20.8 Å². The van der Waals surface area contributed by atoms with Crippen molar-refractivity contribution >= 4 is 49.1 Å². The second kappa shape index (κ2) is 6.34. The van der Waals surface area contributed by atoms with Gasteiger partial charge in [-0.3, -0.25) is 4.79 Å². The SMILES string of the molecule is CCC(CC)(CC)NC(=O)c1cc(Br)c(Br)s1. The lowest BCUT2D eigenvalue weighted by molar-refractivity contribution is 0.0892. The van der Waals surface area contributed by atoms with E-state index in [1.165, 1.54) is 11.3 Å². The number of rotatable bonds is 5. The van der Waals surface area contributed by atoms with E-state index in [0.717, 1.165) is 32.4 Å². The van der Waals surface area contributed by atoms with Crippen LogP contribution in [-0.4, -0.2) is 11.4 Å². The summed E-state index contributed by atoms with van der Waals surface area (Å²) in [6, 6.07) is 1.86. The maximum atomic E-state index is 12.2. The molecule has 0 saturated carbocycles. The molecule has 1 N–H and O–H groups in total. The van der Waals surface area contributed by atoms with E-state index in [1.54, 1.807) is 0 Å². The van der Waals surface area contributed by atoms with E-state index in [2.05, 4.69) is 57.9 Å². The van der Waals surface area contributed by atoms with Crippen molar-refractivity contribution in [2.24, 2.45) is 0 Å². The van der Waals surface area contributed by atoms with Crippen molar-refractivity contribution in [3.8, 4) is 0 Å². The number of halogens is 2. The summed E-state index contributed by atoms with van der Waals surface area (Å²) in [5.74, 6) is 0.0203. The lowest BCUT2D eigenvalue weighted by Gasteiger charge is -2.31. The van der Waals surface area contributed by atoms with Crippen LogP contribution in [0, 0.1) is 0 Å². The van der Waals surface area contributed by atoms with Gasteiger partial charge >= 0.3 is 0 Å². The Labute approximate surface area is 123 Å². The summed E-state index contributed by atoms with van der Waals surface area (Å²) in [6.45, 7) is 6.36. The maximum Gasteiger partial charge on any atom is 0.261 e. The molecule has 0 bridgehead atoms. The molecule has 2 nitrogen and oxygen atoms in total. The van der Waals surface area contributed by atoms with Gasteiger partial charge in [-0.25, -0.2) is 0 Å². The molecule has 0 aromatic carbocycles. The molecule has 0 saturated heterocycles. The molecule has 0 aliphatic heterocycles. The highest BCUT2D eigenvalue weighted by Crippen LogP contribution is 2.33. The van der Waals surface area contributed by atoms with E-state index in [0.29, 0.717) is 0 Å². The fourth-order valence-corrected chi connectivity index (χ4v) is 3.71. The van der Waals surface area contributed by atoms with E-state index >= 15 is 0 Å². The zero-order valence-electron chi connectivity index (χ0n) is 10.3. The summed E-state index contributed by atoms with van der Waals surface area (Å²) in [5, 5.41) is 3.17. The predicted molar refractivity (Wildman–Crippen MR) is 80.8 cm³/mol. The number of hydrogen-bond donors (Lipinski definition) is 1. The Morgan fingerprint density at radius 3 is 2.18 bits per heavy atom. The van der Waals surface area contributed by atoms with E-state index in [-0.39, 0.29) is 11.4 Å². The smallest absolute Gasteiger partial charge is 0.261 e. The Hall–Kier alpha value is 0.130. The number of amides is 1. The van der Waals surface area contributed by atoms with Gasteiger partial charge in [0.1, 0.15) is 0 Å². The van der Waals surface area contributed by atoms with E-state index in [4.69, 9.17) is 0 Å². The molecule has 0 fully saturated rings. The Balaban J connectivity index is 2.84. The van der Waals surface area contributed by atoms with Gasteiger partial charge in [0.15, 0.2) is 0 Å². The standard InChI is InChI=1S/C12H17Br2NOS/c1-4-12(5-2,6-3)15-11(16)9-7-8(13)10(14)17-9/h7H,4-6H2,1-3H3,(H,15,16). The van der Waals surface area contributed by atoms with Crippen LogP contribution in [0.2, 0.25) is 0 Å². The van der Waals surface area contributed by atoms with E-state index in [9.17, 15) is 4.79 Å². The summed E-state index contributed by atoms with van der Waals surface area (Å²) in [5.41, 5.74) is -0.0694. The molecule has 1 heterocycles. The second-order valence-corrected chi connectivity index (χ2v) is 7.25. The fourth-order valence-electron chi connectivity index (χ4n) is 1.78. The largest absolute Gasteiger partial charge is 0.346 e. The molecule has 1 amide bonds. The highest BCUT2D eigenvalue weighted by molar-refractivity contribution is 9.13. The molecule has 0 aliphatic rings. The fraction of sp³-hybridized carbons (Fsp3) is 0.583. The van der Waals surface area contributed by atoms with Gasteiger partial charge in [0.25, 0.3) is 5.91 Å². The molecular formula is C12H17Br2NOS. The van der Waals surface area contributed by atoms with Gasteiger partial charge in [0, 0.05) is 10.0 Å². The van der Waals surface area contributed by atoms with Gasteiger partial charge in [-0.15, -0.1) is 11.3 Å². The summed E-state index contributed by atoms with van der Waals surface area (Å²) in [6.07, 6.45) is 2.87. The third kappa shape index (κ3) is 3.55. The highest BCUT2D eigenvalue weighted by atomic mass is 79.9. The lowest BCUT2D eigenvalue weighted by Crippen LogP contribution is -2.46. The van der Waals surface area contributed by atoms with Crippen LogP contribution < -0.4 is 5.32 Å². The molecule has 17 heavy (non-hydrogen) atoms. The Kier molecular flexibility index (Phi) is 5.67. The van der Waals surface area contributed by atoms with Crippen LogP contribution in [0.3, 0.4) is 0 Å². The summed E-state index contributed by atoms with van der Waals surface area (Å²) in [7, 11) is 0. The summed E-state index contributed by atoms with van der Waals surface area (Å²) < 4.78 is 1.89. The van der Waals surface area contributed by atoms with Crippen molar-refractivity contribution in [2.75, 3.05) is 0 Å². The molecule has 0 atom stereocenters. The second-order valence-electron chi connectivity index (χ2n) is 4.03. The van der Waals surface area contributed by atoms with E-state index in [1.807, 2.05) is 6.07 Å². The number of thiophene rings is 1. The molecule has 1 aromatic rings. The average molecular weight is 383 g/mol.